The topological polar surface area (TPSA) is 196 Å². The summed E-state index contributed by atoms with van der Waals surface area (Å²) in [6, 6.07) is 0.769. The van der Waals surface area contributed by atoms with Crippen molar-refractivity contribution in [3.05, 3.63) is 42.5 Å². The first kappa shape index (κ1) is 30.1. The Morgan fingerprint density at radius 2 is 1.28 bits per heavy atom. The van der Waals surface area contributed by atoms with Crippen LogP contribution in [0.3, 0.4) is 0 Å². The molecule has 1 aliphatic rings. The van der Waals surface area contributed by atoms with E-state index in [1.54, 1.807) is 0 Å². The van der Waals surface area contributed by atoms with E-state index < -0.39 is 37.6 Å². The van der Waals surface area contributed by atoms with Crippen LogP contribution in [0.5, 0.6) is 5.75 Å². The Bertz CT molecular complexity index is 1060. The molecule has 1 saturated heterocycles. The molecule has 2 rings (SSSR count). The molecule has 0 amide bonds. The Hall–Kier alpha value is -3.92. The van der Waals surface area contributed by atoms with E-state index >= 15 is 0 Å². The van der Waals surface area contributed by atoms with Crippen LogP contribution < -0.4 is 10.5 Å². The van der Waals surface area contributed by atoms with Crippen LogP contribution in [0.2, 0.25) is 0 Å². The first-order chi connectivity index (χ1) is 16.1. The van der Waals surface area contributed by atoms with Crippen LogP contribution in [0.15, 0.2) is 22.1 Å². The van der Waals surface area contributed by atoms with Gasteiger partial charge in [0.2, 0.25) is 0 Å². The molecule has 0 radical (unpaired) electrons. The fourth-order valence-electron chi connectivity index (χ4n) is 2.87. The number of quaternary nitrogens is 1. The maximum atomic E-state index is 11.1. The van der Waals surface area contributed by atoms with Crippen LogP contribution in [0.1, 0.15) is 41.5 Å². The minimum absolute atomic E-state index is 0.141. The van der Waals surface area contributed by atoms with E-state index in [-0.39, 0.29) is 11.1 Å². The molecule has 0 unspecified atom stereocenters. The summed E-state index contributed by atoms with van der Waals surface area (Å²) in [4.78, 5) is 37.2. The van der Waals surface area contributed by atoms with Gasteiger partial charge in [-0.25, -0.2) is 15.0 Å². The van der Waals surface area contributed by atoms with E-state index in [2.05, 4.69) is 61.1 Å². The van der Waals surface area contributed by atoms with Gasteiger partial charge in [-0.2, -0.15) is 15.0 Å². The molecule has 1 aromatic carbocycles. The molecule has 200 valence electrons. The fraction of sp³-hybridized carbons (Fsp3) is 0.600. The Kier molecular flexibility index (Phi) is 8.67. The number of nitro benzene ring substituents is 3. The summed E-state index contributed by atoms with van der Waals surface area (Å²) in [6.07, 6.45) is 0. The van der Waals surface area contributed by atoms with E-state index in [0.717, 1.165) is 11.9 Å². The minimum Gasteiger partial charge on any atom is -0.863 e. The molecule has 1 fully saturated rings. The van der Waals surface area contributed by atoms with Gasteiger partial charge in [-0.3, -0.25) is 30.3 Å². The third-order valence-electron chi connectivity index (χ3n) is 4.18. The lowest BCUT2D eigenvalue weighted by Crippen LogP contribution is -2.52. The minimum atomic E-state index is -1.46. The van der Waals surface area contributed by atoms with Crippen molar-refractivity contribution in [1.29, 1.82) is 0 Å². The van der Waals surface area contributed by atoms with Crippen LogP contribution in [0.25, 0.3) is 0 Å². The van der Waals surface area contributed by atoms with Crippen molar-refractivity contribution in [2.24, 2.45) is 9.98 Å². The fourth-order valence-corrected chi connectivity index (χ4v) is 2.87. The normalized spacial score (nSPS) is 17.6. The highest BCUT2D eigenvalue weighted by Crippen LogP contribution is 2.36. The smallest absolute Gasteiger partial charge is 0.347 e. The molecule has 1 heterocycles. The summed E-state index contributed by atoms with van der Waals surface area (Å²) in [6.45, 7) is 12.6. The number of rotatable bonds is 4. The summed E-state index contributed by atoms with van der Waals surface area (Å²) in [5, 5.41) is 46.2. The summed E-state index contributed by atoms with van der Waals surface area (Å²) in [5.74, 6) is 0.307. The number of hydrazine groups is 1. The van der Waals surface area contributed by atoms with Crippen molar-refractivity contribution in [3.8, 4) is 5.75 Å². The Morgan fingerprint density at radius 3 is 1.58 bits per heavy atom. The maximum absolute atomic E-state index is 11.1. The number of aliphatic imine (C=N–C) groups is 2. The first-order valence-electron chi connectivity index (χ1n) is 10.7. The van der Waals surface area contributed by atoms with Crippen LogP contribution in [-0.4, -0.2) is 80.6 Å². The van der Waals surface area contributed by atoms with Gasteiger partial charge in [0.25, 0.3) is 23.0 Å². The Morgan fingerprint density at radius 1 is 0.861 bits per heavy atom. The van der Waals surface area contributed by atoms with E-state index in [9.17, 15) is 35.4 Å². The maximum Gasteiger partial charge on any atom is 0.347 e. The highest BCUT2D eigenvalue weighted by molar-refractivity contribution is 5.99. The van der Waals surface area contributed by atoms with Gasteiger partial charge in [-0.1, -0.05) is 0 Å². The number of guanidine groups is 2. The van der Waals surface area contributed by atoms with Crippen molar-refractivity contribution in [2.45, 2.75) is 52.6 Å². The van der Waals surface area contributed by atoms with Crippen LogP contribution in [0.4, 0.5) is 17.1 Å². The lowest BCUT2D eigenvalue weighted by atomic mass is 10.1. The zero-order valence-electron chi connectivity index (χ0n) is 22.1. The predicted octanol–water partition coefficient (Wildman–Crippen LogP) is 2.15. The van der Waals surface area contributed by atoms with Gasteiger partial charge in [-0.15, -0.1) is 0 Å². The van der Waals surface area contributed by atoms with Crippen LogP contribution >= 0.6 is 0 Å². The van der Waals surface area contributed by atoms with Gasteiger partial charge in [-0.05, 0) is 41.5 Å². The van der Waals surface area contributed by atoms with Gasteiger partial charge in [0, 0.05) is 14.1 Å². The Labute approximate surface area is 208 Å². The Balaban J connectivity index is 0.000000369. The van der Waals surface area contributed by atoms with Crippen molar-refractivity contribution < 1.29 is 24.5 Å². The third kappa shape index (κ3) is 7.81. The second-order valence-electron chi connectivity index (χ2n) is 10.5. The van der Waals surface area contributed by atoms with Gasteiger partial charge in [0.15, 0.2) is 0 Å². The quantitative estimate of drug-likeness (QED) is 0.355. The van der Waals surface area contributed by atoms with E-state index in [1.165, 1.54) is 0 Å². The number of nitro groups is 3. The van der Waals surface area contributed by atoms with Crippen molar-refractivity contribution >= 4 is 29.0 Å². The third-order valence-corrected chi connectivity index (χ3v) is 4.18. The number of benzene rings is 1. The number of hydrogen-bond acceptors (Lipinski definition) is 10. The monoisotopic (exact) mass is 511 g/mol. The number of nitrogens with one attached hydrogen (secondary N) is 1. The van der Waals surface area contributed by atoms with E-state index in [4.69, 9.17) is 9.98 Å². The highest BCUT2D eigenvalue weighted by Gasteiger charge is 2.46. The summed E-state index contributed by atoms with van der Waals surface area (Å²) in [7, 11) is 8.16. The largest absolute Gasteiger partial charge is 0.863 e. The molecule has 16 heteroatoms. The molecule has 1 aliphatic heterocycles. The molecule has 1 aromatic rings. The van der Waals surface area contributed by atoms with Crippen molar-refractivity contribution in [1.82, 2.24) is 15.4 Å². The zero-order valence-corrected chi connectivity index (χ0v) is 22.1. The molecule has 0 bridgehead atoms. The molecule has 1 N–H and O–H groups in total. The zero-order chi connectivity index (χ0) is 28.4. The average molecular weight is 512 g/mol. The molecule has 36 heavy (non-hydrogen) atoms. The predicted molar refractivity (Wildman–Crippen MR) is 131 cm³/mol. The van der Waals surface area contributed by atoms with Crippen molar-refractivity contribution in [3.63, 3.8) is 0 Å². The van der Waals surface area contributed by atoms with Gasteiger partial charge in [0.1, 0.15) is 0 Å². The molecule has 16 nitrogen and oxygen atoms in total. The molecular formula is C20H33N9O7. The number of non-ortho nitro benzene ring substituents is 1. The molecule has 0 spiro atoms. The highest BCUT2D eigenvalue weighted by atomic mass is 16.6. The second kappa shape index (κ2) is 10.4. The number of hydrogen-bond donors (Lipinski definition) is 1. The summed E-state index contributed by atoms with van der Waals surface area (Å²) < 4.78 is 0.477. The number of nitrogens with zero attached hydrogens (tertiary/aromatic N) is 8. The van der Waals surface area contributed by atoms with Gasteiger partial charge >= 0.3 is 5.96 Å². The summed E-state index contributed by atoms with van der Waals surface area (Å²) >= 11 is 0. The lowest BCUT2D eigenvalue weighted by Gasteiger charge is -2.27. The lowest BCUT2D eigenvalue weighted by molar-refractivity contribution is -0.833. The average Bonchev–Trinajstić information content (AvgIpc) is 2.87. The molecular weight excluding hydrogens is 478 g/mol. The summed E-state index contributed by atoms with van der Waals surface area (Å²) in [5.41, 5.74) is -0.118. The second-order valence-corrected chi connectivity index (χ2v) is 10.5. The van der Waals surface area contributed by atoms with Gasteiger partial charge < -0.3 is 5.11 Å². The van der Waals surface area contributed by atoms with E-state index in [1.807, 2.05) is 24.1 Å². The molecule has 0 saturated carbocycles. The molecule has 0 atom stereocenters. The molecule has 0 aliphatic carbocycles. The molecule has 0 aromatic heterocycles. The first-order valence-corrected chi connectivity index (χ1v) is 10.7. The van der Waals surface area contributed by atoms with Crippen molar-refractivity contribution in [2.75, 3.05) is 28.2 Å². The van der Waals surface area contributed by atoms with E-state index in [0.29, 0.717) is 16.7 Å². The van der Waals surface area contributed by atoms with Crippen LogP contribution in [0, 0.1) is 30.3 Å². The van der Waals surface area contributed by atoms with Crippen LogP contribution in [-0.2, 0) is 0 Å². The standard InChI is InChI=1S/C14H31N6.C6H3N3O7/c1-13(2,3)15-11-17-20(9,10)12(16-14(4,5)6)19(11)18(7)8;10-6-4(8(13)14)1-3(7(11)12)2-5(6)9(15)16/h1-10H3,(H,15,17);1-2,10H/q+1;/p-1. The van der Waals surface area contributed by atoms with Gasteiger partial charge in [0.05, 0.1) is 57.8 Å². The SMILES string of the molecule is CN(C)N1C(=NC(C)(C)C)N[N+](C)(C)C1=NC(C)(C)C.O=[N+]([O-])c1cc([N+](=O)[O-])c([O-])c([N+](=O)[O-])c1.